The van der Waals surface area contributed by atoms with E-state index in [1.165, 1.54) is 17.7 Å². The van der Waals surface area contributed by atoms with Gasteiger partial charge in [0, 0.05) is 11.3 Å². The van der Waals surface area contributed by atoms with Gasteiger partial charge < -0.3 is 5.32 Å². The summed E-state index contributed by atoms with van der Waals surface area (Å²) < 4.78 is 22.7. The summed E-state index contributed by atoms with van der Waals surface area (Å²) in [7, 11) is -3.71. The number of sulfonamides is 1. The van der Waals surface area contributed by atoms with E-state index in [4.69, 9.17) is 5.14 Å². The van der Waals surface area contributed by atoms with E-state index in [0.29, 0.717) is 12.8 Å². The van der Waals surface area contributed by atoms with Crippen LogP contribution in [0.25, 0.3) is 0 Å². The molecule has 158 valence electrons. The average Bonchev–Trinajstić information content (AvgIpc) is 3.26. The van der Waals surface area contributed by atoms with E-state index in [1.54, 1.807) is 23.5 Å². The van der Waals surface area contributed by atoms with Gasteiger partial charge in [-0.05, 0) is 53.1 Å². The minimum Gasteiger partial charge on any atom is -0.344 e. The molecule has 5 nitrogen and oxygen atoms in total. The van der Waals surface area contributed by atoms with Crippen molar-refractivity contribution >= 4 is 27.3 Å². The van der Waals surface area contributed by atoms with Crippen LogP contribution in [0.5, 0.6) is 0 Å². The van der Waals surface area contributed by atoms with Crippen molar-refractivity contribution in [2.45, 2.75) is 43.5 Å². The Morgan fingerprint density at radius 2 is 1.63 bits per heavy atom. The van der Waals surface area contributed by atoms with E-state index < -0.39 is 10.0 Å². The van der Waals surface area contributed by atoms with Crippen molar-refractivity contribution in [3.8, 4) is 0 Å². The Balaban J connectivity index is 1.66. The second kappa shape index (κ2) is 10.0. The zero-order chi connectivity index (χ0) is 21.6. The van der Waals surface area contributed by atoms with E-state index >= 15 is 0 Å². The fourth-order valence-corrected chi connectivity index (χ4v) is 4.59. The summed E-state index contributed by atoms with van der Waals surface area (Å²) in [5.74, 6) is -0.0541. The normalized spacial score (nSPS) is 12.5. The molecule has 0 saturated heterocycles. The third-order valence-electron chi connectivity index (χ3n) is 4.88. The van der Waals surface area contributed by atoms with Crippen LogP contribution in [-0.2, 0) is 27.7 Å². The zero-order valence-electron chi connectivity index (χ0n) is 16.9. The highest BCUT2D eigenvalue weighted by Gasteiger charge is 2.18. The van der Waals surface area contributed by atoms with Gasteiger partial charge in [-0.1, -0.05) is 55.8 Å². The first-order chi connectivity index (χ1) is 14.4. The average molecular weight is 443 g/mol. The lowest BCUT2D eigenvalue weighted by atomic mass is 10.0. The molecule has 1 aromatic heterocycles. The topological polar surface area (TPSA) is 89.3 Å². The Labute approximate surface area is 182 Å². The van der Waals surface area contributed by atoms with Gasteiger partial charge >= 0.3 is 0 Å². The number of nitrogens with one attached hydrogen (secondary N) is 1. The number of hydrogen-bond acceptors (Lipinski definition) is 4. The van der Waals surface area contributed by atoms with Crippen molar-refractivity contribution in [3.05, 3.63) is 87.6 Å². The standard InChI is InChI=1S/C23H26N2O3S2/c1-2-4-17-6-11-19(12-7-17)23(21-5-3-16-29-21)25-22(26)15-10-18-8-13-20(14-9-18)30(24,27)28/h3,5-9,11-14,16,23H,2,4,10,15H2,1H3,(H,25,26)(H2,24,27,28)/t23-/m0/s1. The number of nitrogens with two attached hydrogens (primary N) is 1. The predicted molar refractivity (Wildman–Crippen MR) is 121 cm³/mol. The minimum atomic E-state index is -3.71. The van der Waals surface area contributed by atoms with Crippen LogP contribution in [0.1, 0.15) is 47.4 Å². The van der Waals surface area contributed by atoms with Crippen molar-refractivity contribution in [2.24, 2.45) is 5.14 Å². The molecule has 0 fully saturated rings. The molecule has 1 heterocycles. The molecule has 0 bridgehead atoms. The second-order valence-electron chi connectivity index (χ2n) is 7.20. The summed E-state index contributed by atoms with van der Waals surface area (Å²) in [6.07, 6.45) is 2.97. The van der Waals surface area contributed by atoms with E-state index in [2.05, 4.69) is 36.5 Å². The Bertz CT molecular complexity index is 1060. The molecule has 0 unspecified atom stereocenters. The highest BCUT2D eigenvalue weighted by atomic mass is 32.2. The highest BCUT2D eigenvalue weighted by Crippen LogP contribution is 2.27. The molecule has 2 aromatic carbocycles. The molecular formula is C23H26N2O3S2. The summed E-state index contributed by atoms with van der Waals surface area (Å²) in [6, 6.07) is 18.6. The van der Waals surface area contributed by atoms with Crippen molar-refractivity contribution < 1.29 is 13.2 Å². The number of carbonyl (C=O) groups is 1. The number of thiophene rings is 1. The molecule has 0 aliphatic rings. The Morgan fingerprint density at radius 3 is 2.20 bits per heavy atom. The smallest absolute Gasteiger partial charge is 0.238 e. The molecule has 7 heteroatoms. The zero-order valence-corrected chi connectivity index (χ0v) is 18.5. The van der Waals surface area contributed by atoms with Gasteiger partial charge in [0.2, 0.25) is 15.9 Å². The monoisotopic (exact) mass is 442 g/mol. The van der Waals surface area contributed by atoms with Crippen LogP contribution in [-0.4, -0.2) is 14.3 Å². The Kier molecular flexibility index (Phi) is 7.42. The molecular weight excluding hydrogens is 416 g/mol. The molecule has 0 aliphatic heterocycles. The van der Waals surface area contributed by atoms with Crippen LogP contribution >= 0.6 is 11.3 Å². The van der Waals surface area contributed by atoms with Crippen LogP contribution in [0.4, 0.5) is 0 Å². The van der Waals surface area contributed by atoms with Gasteiger partial charge in [0.25, 0.3) is 0 Å². The maximum atomic E-state index is 12.7. The predicted octanol–water partition coefficient (Wildman–Crippen LogP) is 4.19. The van der Waals surface area contributed by atoms with Gasteiger partial charge in [-0.15, -0.1) is 11.3 Å². The number of amides is 1. The van der Waals surface area contributed by atoms with Crippen molar-refractivity contribution in [2.75, 3.05) is 0 Å². The lowest BCUT2D eigenvalue weighted by molar-refractivity contribution is -0.121. The van der Waals surface area contributed by atoms with Crippen LogP contribution < -0.4 is 10.5 Å². The van der Waals surface area contributed by atoms with E-state index in [9.17, 15) is 13.2 Å². The van der Waals surface area contributed by atoms with Crippen LogP contribution in [0.2, 0.25) is 0 Å². The van der Waals surface area contributed by atoms with Crippen LogP contribution in [0.3, 0.4) is 0 Å². The molecule has 0 saturated carbocycles. The van der Waals surface area contributed by atoms with E-state index in [1.807, 2.05) is 17.5 Å². The summed E-state index contributed by atoms with van der Waals surface area (Å²) in [5.41, 5.74) is 3.23. The van der Waals surface area contributed by atoms with Gasteiger partial charge in [-0.25, -0.2) is 13.6 Å². The molecule has 3 N–H and O–H groups in total. The molecule has 3 rings (SSSR count). The number of carbonyl (C=O) groups excluding carboxylic acids is 1. The SMILES string of the molecule is CCCc1ccc([C@H](NC(=O)CCc2ccc(S(N)(=O)=O)cc2)c2cccs2)cc1. The molecule has 3 aromatic rings. The summed E-state index contributed by atoms with van der Waals surface area (Å²) in [4.78, 5) is 13.8. The number of rotatable bonds is 9. The summed E-state index contributed by atoms with van der Waals surface area (Å²) in [6.45, 7) is 2.16. The van der Waals surface area contributed by atoms with E-state index in [0.717, 1.165) is 28.8 Å². The van der Waals surface area contributed by atoms with Gasteiger partial charge in [-0.3, -0.25) is 4.79 Å². The fourth-order valence-electron chi connectivity index (χ4n) is 3.28. The van der Waals surface area contributed by atoms with Crippen molar-refractivity contribution in [3.63, 3.8) is 0 Å². The maximum absolute atomic E-state index is 12.7. The molecule has 0 radical (unpaired) electrons. The fraction of sp³-hybridized carbons (Fsp3) is 0.261. The lowest BCUT2D eigenvalue weighted by Crippen LogP contribution is -2.29. The maximum Gasteiger partial charge on any atom is 0.238 e. The third kappa shape index (κ3) is 6.01. The number of benzene rings is 2. The molecule has 1 atom stereocenters. The van der Waals surface area contributed by atoms with Gasteiger partial charge in [0.1, 0.15) is 0 Å². The molecule has 0 aliphatic carbocycles. The van der Waals surface area contributed by atoms with Crippen LogP contribution in [0.15, 0.2) is 70.9 Å². The van der Waals surface area contributed by atoms with E-state index in [-0.39, 0.29) is 16.8 Å². The summed E-state index contributed by atoms with van der Waals surface area (Å²) >= 11 is 1.62. The van der Waals surface area contributed by atoms with Gasteiger partial charge in [-0.2, -0.15) is 0 Å². The van der Waals surface area contributed by atoms with Crippen LogP contribution in [0, 0.1) is 0 Å². The molecule has 1 amide bonds. The first-order valence-electron chi connectivity index (χ1n) is 9.90. The number of primary sulfonamides is 1. The largest absolute Gasteiger partial charge is 0.344 e. The quantitative estimate of drug-likeness (QED) is 0.521. The number of hydrogen-bond donors (Lipinski definition) is 2. The first kappa shape index (κ1) is 22.2. The lowest BCUT2D eigenvalue weighted by Gasteiger charge is -2.19. The van der Waals surface area contributed by atoms with Crippen molar-refractivity contribution in [1.29, 1.82) is 0 Å². The minimum absolute atomic E-state index is 0.0541. The third-order valence-corrected chi connectivity index (χ3v) is 6.74. The van der Waals surface area contributed by atoms with Gasteiger partial charge in [0.15, 0.2) is 0 Å². The first-order valence-corrected chi connectivity index (χ1v) is 12.3. The number of aryl methyl sites for hydroxylation is 2. The highest BCUT2D eigenvalue weighted by molar-refractivity contribution is 7.89. The second-order valence-corrected chi connectivity index (χ2v) is 9.74. The Hall–Kier alpha value is -2.48. The molecule has 0 spiro atoms. The Morgan fingerprint density at radius 1 is 1.00 bits per heavy atom. The van der Waals surface area contributed by atoms with Crippen molar-refractivity contribution in [1.82, 2.24) is 5.32 Å². The summed E-state index contributed by atoms with van der Waals surface area (Å²) in [5, 5.41) is 10.3. The van der Waals surface area contributed by atoms with Gasteiger partial charge in [0.05, 0.1) is 10.9 Å². The molecule has 30 heavy (non-hydrogen) atoms.